The third kappa shape index (κ3) is 4.48. The van der Waals surface area contributed by atoms with Crippen molar-refractivity contribution >= 4 is 23.4 Å². The van der Waals surface area contributed by atoms with Crippen LogP contribution in [0.2, 0.25) is 5.02 Å². The second-order valence-electron chi connectivity index (χ2n) is 11.2. The molecule has 2 aromatic carbocycles. The molecule has 1 unspecified atom stereocenters. The summed E-state index contributed by atoms with van der Waals surface area (Å²) in [7, 11) is 3.46. The van der Waals surface area contributed by atoms with Crippen LogP contribution in [0.15, 0.2) is 48.5 Å². The molecule has 6 nitrogen and oxygen atoms in total. The first kappa shape index (κ1) is 24.3. The minimum Gasteiger partial charge on any atom is -0.376 e. The van der Waals surface area contributed by atoms with Crippen molar-refractivity contribution in [2.75, 3.05) is 40.3 Å². The number of nitrogens with zero attached hydrogens (tertiary/aromatic N) is 3. The maximum Gasteiger partial charge on any atom is 0.258 e. The van der Waals surface area contributed by atoms with Crippen LogP contribution in [0.25, 0.3) is 0 Å². The number of amides is 2. The molecular weight excluding hydrogens is 462 g/mol. The van der Waals surface area contributed by atoms with Crippen molar-refractivity contribution in [1.82, 2.24) is 14.7 Å². The van der Waals surface area contributed by atoms with E-state index >= 15 is 0 Å². The van der Waals surface area contributed by atoms with Gasteiger partial charge in [-0.1, -0.05) is 48.0 Å². The summed E-state index contributed by atoms with van der Waals surface area (Å²) >= 11 is 6.37. The van der Waals surface area contributed by atoms with Crippen LogP contribution in [0.4, 0.5) is 0 Å². The van der Waals surface area contributed by atoms with Gasteiger partial charge in [0.05, 0.1) is 10.6 Å². The molecule has 1 saturated carbocycles. The molecule has 1 N–H and O–H groups in total. The van der Waals surface area contributed by atoms with Gasteiger partial charge >= 0.3 is 0 Å². The number of carbonyl (C=O) groups excluding carboxylic acids is 2. The number of carbonyl (C=O) groups is 2. The minimum atomic E-state index is -1.47. The molecule has 1 spiro atoms. The molecule has 1 atom stereocenters. The van der Waals surface area contributed by atoms with Gasteiger partial charge in [0.25, 0.3) is 11.8 Å². The number of likely N-dealkylation sites (tertiary alicyclic amines) is 2. The maximum absolute atomic E-state index is 12.9. The molecule has 35 heavy (non-hydrogen) atoms. The van der Waals surface area contributed by atoms with E-state index < -0.39 is 5.60 Å². The summed E-state index contributed by atoms with van der Waals surface area (Å²) in [6.45, 7) is 5.27. The lowest BCUT2D eigenvalue weighted by Gasteiger charge is -2.63. The molecule has 0 radical (unpaired) electrons. The van der Waals surface area contributed by atoms with E-state index in [1.54, 1.807) is 38.1 Å². The van der Waals surface area contributed by atoms with Crippen LogP contribution in [0.5, 0.6) is 0 Å². The van der Waals surface area contributed by atoms with Crippen molar-refractivity contribution in [3.8, 4) is 0 Å². The minimum absolute atomic E-state index is 0.0739. The van der Waals surface area contributed by atoms with Gasteiger partial charge in [-0.05, 0) is 55.4 Å². The predicted molar refractivity (Wildman–Crippen MR) is 136 cm³/mol. The zero-order chi connectivity index (χ0) is 25.0. The van der Waals surface area contributed by atoms with E-state index in [1.165, 1.54) is 5.56 Å². The first-order valence-electron chi connectivity index (χ1n) is 12.4. The van der Waals surface area contributed by atoms with Crippen molar-refractivity contribution in [3.63, 3.8) is 0 Å². The van der Waals surface area contributed by atoms with Gasteiger partial charge in [-0.3, -0.25) is 14.5 Å². The highest BCUT2D eigenvalue weighted by atomic mass is 35.5. The van der Waals surface area contributed by atoms with E-state index in [2.05, 4.69) is 4.90 Å². The third-order valence-corrected chi connectivity index (χ3v) is 8.44. The lowest BCUT2D eigenvalue weighted by Crippen LogP contribution is -2.71. The van der Waals surface area contributed by atoms with Crippen molar-refractivity contribution in [2.24, 2.45) is 11.3 Å². The average molecular weight is 496 g/mol. The molecule has 2 saturated heterocycles. The topological polar surface area (TPSA) is 64.1 Å². The number of halogens is 1. The molecule has 2 aliphatic heterocycles. The molecule has 0 bridgehead atoms. The van der Waals surface area contributed by atoms with Gasteiger partial charge in [0, 0.05) is 51.7 Å². The van der Waals surface area contributed by atoms with Crippen LogP contribution in [0.1, 0.15) is 41.3 Å². The summed E-state index contributed by atoms with van der Waals surface area (Å²) in [5.41, 5.74) is 1.13. The Bertz CT molecular complexity index is 1110. The lowest BCUT2D eigenvalue weighted by atomic mass is 9.59. The van der Waals surface area contributed by atoms with Crippen LogP contribution in [0, 0.1) is 11.3 Å². The number of aliphatic hydroxyl groups is 1. The van der Waals surface area contributed by atoms with E-state index in [9.17, 15) is 14.7 Å². The van der Waals surface area contributed by atoms with Crippen LogP contribution < -0.4 is 0 Å². The third-order valence-electron chi connectivity index (χ3n) is 8.13. The van der Waals surface area contributed by atoms with Crippen molar-refractivity contribution in [1.29, 1.82) is 0 Å². The summed E-state index contributed by atoms with van der Waals surface area (Å²) in [5, 5.41) is 11.4. The van der Waals surface area contributed by atoms with Gasteiger partial charge in [0.2, 0.25) is 0 Å². The lowest BCUT2D eigenvalue weighted by molar-refractivity contribution is -0.178. The zero-order valence-corrected chi connectivity index (χ0v) is 21.5. The number of benzene rings is 2. The van der Waals surface area contributed by atoms with E-state index in [4.69, 9.17) is 11.6 Å². The van der Waals surface area contributed by atoms with E-state index in [-0.39, 0.29) is 17.2 Å². The normalized spacial score (nSPS) is 21.6. The Balaban J connectivity index is 1.06. The first-order chi connectivity index (χ1) is 16.6. The quantitative estimate of drug-likeness (QED) is 0.667. The summed E-state index contributed by atoms with van der Waals surface area (Å²) in [4.78, 5) is 31.0. The van der Waals surface area contributed by atoms with Crippen LogP contribution in [-0.4, -0.2) is 77.9 Å². The highest BCUT2D eigenvalue weighted by Gasteiger charge is 2.57. The summed E-state index contributed by atoms with van der Waals surface area (Å²) in [5.74, 6) is 0.340. The van der Waals surface area contributed by atoms with Crippen molar-refractivity contribution in [3.05, 3.63) is 70.2 Å². The maximum atomic E-state index is 12.9. The Kier molecular flexibility index (Phi) is 6.19. The highest BCUT2D eigenvalue weighted by molar-refractivity contribution is 6.33. The van der Waals surface area contributed by atoms with E-state index in [1.807, 2.05) is 41.3 Å². The number of rotatable bonds is 6. The number of hydrogen-bond donors (Lipinski definition) is 1. The summed E-state index contributed by atoms with van der Waals surface area (Å²) < 4.78 is 0. The van der Waals surface area contributed by atoms with Gasteiger partial charge in [0.1, 0.15) is 0 Å². The second-order valence-corrected chi connectivity index (χ2v) is 11.6. The molecule has 2 heterocycles. The fraction of sp³-hybridized carbons (Fsp3) is 0.500. The molecule has 7 heteroatoms. The van der Waals surface area contributed by atoms with Crippen LogP contribution in [-0.2, 0) is 16.8 Å². The second kappa shape index (κ2) is 8.91. The highest BCUT2D eigenvalue weighted by Crippen LogP contribution is 2.52. The molecule has 2 amide bonds. The fourth-order valence-corrected chi connectivity index (χ4v) is 6.31. The van der Waals surface area contributed by atoms with Gasteiger partial charge in [-0.15, -0.1) is 0 Å². The molecule has 2 aromatic rings. The SMILES string of the molecule is CN(C)C(=O)c1ccc(CC2CN(C3CC4(C3)CN(C(=O)C(C)(O)c3ccccc3)C4)C2)cc1Cl. The van der Waals surface area contributed by atoms with Gasteiger partial charge in [0.15, 0.2) is 5.60 Å². The standard InChI is InChI=1S/C28H34ClN3O3/c1-27(35,21-7-5-4-6-8-21)26(34)32-17-28(18-32)13-22(14-28)31-15-20(16-31)11-19-9-10-23(24(29)12-19)25(33)30(2)3/h4-10,12,20,22,35H,11,13-18H2,1-3H3. The van der Waals surface area contributed by atoms with Gasteiger partial charge in [-0.2, -0.15) is 0 Å². The van der Waals surface area contributed by atoms with Crippen LogP contribution in [0.3, 0.4) is 0 Å². The Morgan fingerprint density at radius 3 is 2.37 bits per heavy atom. The first-order valence-corrected chi connectivity index (χ1v) is 12.8. The molecule has 1 aliphatic carbocycles. The average Bonchev–Trinajstić information content (AvgIpc) is 2.75. The van der Waals surface area contributed by atoms with Crippen molar-refractivity contribution < 1.29 is 14.7 Å². The van der Waals surface area contributed by atoms with Gasteiger partial charge < -0.3 is 14.9 Å². The Morgan fingerprint density at radius 2 is 1.77 bits per heavy atom. The van der Waals surface area contributed by atoms with E-state index in [0.717, 1.165) is 45.4 Å². The Hall–Kier alpha value is -2.41. The molecule has 0 aromatic heterocycles. The van der Waals surface area contributed by atoms with Crippen LogP contribution >= 0.6 is 11.6 Å². The summed E-state index contributed by atoms with van der Waals surface area (Å²) in [6, 6.07) is 15.6. The van der Waals surface area contributed by atoms with Gasteiger partial charge in [-0.25, -0.2) is 0 Å². The van der Waals surface area contributed by atoms with Crippen molar-refractivity contribution in [2.45, 2.75) is 37.8 Å². The molecule has 5 rings (SSSR count). The Morgan fingerprint density at radius 1 is 1.11 bits per heavy atom. The molecule has 3 fully saturated rings. The fourth-order valence-electron chi connectivity index (χ4n) is 6.03. The molecule has 3 aliphatic rings. The number of hydrogen-bond acceptors (Lipinski definition) is 4. The Labute approximate surface area is 212 Å². The molecular formula is C28H34ClN3O3. The molecule has 186 valence electrons. The smallest absolute Gasteiger partial charge is 0.258 e. The van der Waals surface area contributed by atoms with E-state index in [0.29, 0.717) is 28.1 Å². The monoisotopic (exact) mass is 495 g/mol. The summed E-state index contributed by atoms with van der Waals surface area (Å²) in [6.07, 6.45) is 3.23. The predicted octanol–water partition coefficient (Wildman–Crippen LogP) is 3.41. The zero-order valence-electron chi connectivity index (χ0n) is 20.7. The largest absolute Gasteiger partial charge is 0.376 e.